The molecule has 1 N–H and O–H groups in total. The van der Waals surface area contributed by atoms with Crippen molar-refractivity contribution in [1.82, 2.24) is 15.2 Å². The molecule has 3 aliphatic heterocycles. The van der Waals surface area contributed by atoms with Crippen LogP contribution in [0.25, 0.3) is 0 Å². The number of carbonyl (C=O) groups is 2. The van der Waals surface area contributed by atoms with Crippen LogP contribution in [-0.2, 0) is 9.59 Å². The van der Waals surface area contributed by atoms with Crippen molar-refractivity contribution in [2.75, 3.05) is 24.5 Å². The SMILES string of the molecule is CC(=O)NC[C@H]1[C@H]2C[C@H](CN(c3cc(C)c(C#N)c(C)n3)C2)[C@@H]2CCCC(=O)N21. The van der Waals surface area contributed by atoms with E-state index in [2.05, 4.69) is 21.2 Å². The fourth-order valence-corrected chi connectivity index (χ4v) is 5.62. The molecule has 4 rings (SSSR count). The third-order valence-electron chi connectivity index (χ3n) is 6.88. The summed E-state index contributed by atoms with van der Waals surface area (Å²) in [7, 11) is 0. The van der Waals surface area contributed by atoms with E-state index >= 15 is 0 Å². The topological polar surface area (TPSA) is 89.3 Å². The Morgan fingerprint density at radius 1 is 1.34 bits per heavy atom. The van der Waals surface area contributed by atoms with Gasteiger partial charge in [-0.3, -0.25) is 9.59 Å². The molecular weight excluding hydrogens is 366 g/mol. The van der Waals surface area contributed by atoms with Gasteiger partial charge < -0.3 is 15.1 Å². The quantitative estimate of drug-likeness (QED) is 0.844. The van der Waals surface area contributed by atoms with Crippen molar-refractivity contribution >= 4 is 17.6 Å². The molecule has 3 aliphatic rings. The van der Waals surface area contributed by atoms with E-state index < -0.39 is 0 Å². The highest BCUT2D eigenvalue weighted by atomic mass is 16.2. The number of nitrogens with one attached hydrogen (secondary N) is 1. The zero-order chi connectivity index (χ0) is 20.7. The number of carbonyl (C=O) groups excluding carboxylic acids is 2. The van der Waals surface area contributed by atoms with E-state index in [9.17, 15) is 14.9 Å². The predicted molar refractivity (Wildman–Crippen MR) is 109 cm³/mol. The number of rotatable bonds is 3. The average molecular weight is 396 g/mol. The van der Waals surface area contributed by atoms with Gasteiger partial charge in [-0.1, -0.05) is 0 Å². The van der Waals surface area contributed by atoms with Gasteiger partial charge in [0.15, 0.2) is 0 Å². The maximum absolute atomic E-state index is 12.8. The zero-order valence-electron chi connectivity index (χ0n) is 17.4. The molecule has 0 saturated carbocycles. The lowest BCUT2D eigenvalue weighted by Crippen LogP contribution is -2.67. The summed E-state index contributed by atoms with van der Waals surface area (Å²) < 4.78 is 0. The first-order valence-electron chi connectivity index (χ1n) is 10.6. The lowest BCUT2D eigenvalue weighted by atomic mass is 9.72. The number of amides is 2. The van der Waals surface area contributed by atoms with Gasteiger partial charge in [0.1, 0.15) is 11.9 Å². The van der Waals surface area contributed by atoms with Crippen LogP contribution < -0.4 is 10.2 Å². The molecule has 4 heterocycles. The van der Waals surface area contributed by atoms with Gasteiger partial charge in [0, 0.05) is 39.0 Å². The Balaban J connectivity index is 1.64. The number of anilines is 1. The minimum atomic E-state index is -0.0548. The van der Waals surface area contributed by atoms with Crippen molar-refractivity contribution in [3.8, 4) is 6.07 Å². The van der Waals surface area contributed by atoms with Crippen LogP contribution in [0.4, 0.5) is 5.82 Å². The normalized spacial score (nSPS) is 28.6. The fraction of sp³-hybridized carbons (Fsp3) is 0.636. The lowest BCUT2D eigenvalue weighted by Gasteiger charge is -2.56. The van der Waals surface area contributed by atoms with Crippen molar-refractivity contribution in [3.63, 3.8) is 0 Å². The molecule has 29 heavy (non-hydrogen) atoms. The van der Waals surface area contributed by atoms with Crippen molar-refractivity contribution in [3.05, 3.63) is 22.9 Å². The summed E-state index contributed by atoms with van der Waals surface area (Å²) in [6.45, 7) is 7.59. The maximum Gasteiger partial charge on any atom is 0.223 e. The first-order chi connectivity index (χ1) is 13.9. The van der Waals surface area contributed by atoms with E-state index in [1.54, 1.807) is 0 Å². The van der Waals surface area contributed by atoms with Crippen molar-refractivity contribution in [2.24, 2.45) is 11.8 Å². The summed E-state index contributed by atoms with van der Waals surface area (Å²) in [5, 5.41) is 12.3. The van der Waals surface area contributed by atoms with E-state index in [1.165, 1.54) is 6.92 Å². The average Bonchev–Trinajstić information content (AvgIpc) is 2.67. The van der Waals surface area contributed by atoms with Crippen LogP contribution in [0.1, 0.15) is 49.4 Å². The van der Waals surface area contributed by atoms with Crippen molar-refractivity contribution in [2.45, 2.75) is 58.5 Å². The summed E-state index contributed by atoms with van der Waals surface area (Å²) in [4.78, 5) is 33.5. The molecule has 3 saturated heterocycles. The molecule has 0 aliphatic carbocycles. The molecule has 1 aromatic heterocycles. The Morgan fingerprint density at radius 3 is 2.79 bits per heavy atom. The van der Waals surface area contributed by atoms with Crippen LogP contribution in [-0.4, -0.2) is 53.4 Å². The van der Waals surface area contributed by atoms with Gasteiger partial charge in [-0.25, -0.2) is 4.98 Å². The van der Waals surface area contributed by atoms with Gasteiger partial charge in [0.2, 0.25) is 11.8 Å². The summed E-state index contributed by atoms with van der Waals surface area (Å²) in [6, 6.07) is 4.54. The van der Waals surface area contributed by atoms with Crippen molar-refractivity contribution < 1.29 is 9.59 Å². The van der Waals surface area contributed by atoms with E-state index in [-0.39, 0.29) is 23.9 Å². The first-order valence-corrected chi connectivity index (χ1v) is 10.6. The molecule has 0 spiro atoms. The second-order valence-corrected chi connectivity index (χ2v) is 8.80. The Labute approximate surface area is 172 Å². The van der Waals surface area contributed by atoms with Crippen molar-refractivity contribution in [1.29, 1.82) is 5.26 Å². The highest BCUT2D eigenvalue weighted by Crippen LogP contribution is 2.42. The van der Waals surface area contributed by atoms with E-state index in [0.717, 1.165) is 49.4 Å². The Kier molecular flexibility index (Phi) is 5.20. The van der Waals surface area contributed by atoms with Crippen LogP contribution in [0, 0.1) is 37.0 Å². The molecular formula is C22H29N5O2. The summed E-state index contributed by atoms with van der Waals surface area (Å²) in [6.07, 6.45) is 3.68. The second kappa shape index (κ2) is 7.66. The van der Waals surface area contributed by atoms with Crippen LogP contribution in [0.2, 0.25) is 0 Å². The van der Waals surface area contributed by atoms with Crippen LogP contribution in [0.3, 0.4) is 0 Å². The van der Waals surface area contributed by atoms with Gasteiger partial charge in [0.05, 0.1) is 17.3 Å². The van der Waals surface area contributed by atoms with E-state index in [0.29, 0.717) is 30.4 Å². The van der Waals surface area contributed by atoms with Crippen LogP contribution in [0.15, 0.2) is 6.07 Å². The lowest BCUT2D eigenvalue weighted by molar-refractivity contribution is -0.149. The molecule has 154 valence electrons. The third-order valence-corrected chi connectivity index (χ3v) is 6.88. The Bertz CT molecular complexity index is 853. The molecule has 4 atom stereocenters. The summed E-state index contributed by atoms with van der Waals surface area (Å²) >= 11 is 0. The monoisotopic (exact) mass is 395 g/mol. The van der Waals surface area contributed by atoms with Gasteiger partial charge in [-0.2, -0.15) is 5.26 Å². The van der Waals surface area contributed by atoms with Gasteiger partial charge >= 0.3 is 0 Å². The first kappa shape index (κ1) is 19.7. The molecule has 1 aromatic rings. The predicted octanol–water partition coefficient (Wildman–Crippen LogP) is 1.91. The molecule has 3 fully saturated rings. The largest absolute Gasteiger partial charge is 0.356 e. The van der Waals surface area contributed by atoms with Gasteiger partial charge in [-0.05, 0) is 56.6 Å². The summed E-state index contributed by atoms with van der Waals surface area (Å²) in [5.41, 5.74) is 2.37. The fourth-order valence-electron chi connectivity index (χ4n) is 5.62. The van der Waals surface area contributed by atoms with E-state index in [4.69, 9.17) is 4.98 Å². The molecule has 2 bridgehead atoms. The highest BCUT2D eigenvalue weighted by molar-refractivity contribution is 5.78. The molecule has 7 heteroatoms. The zero-order valence-corrected chi connectivity index (χ0v) is 17.4. The second-order valence-electron chi connectivity index (χ2n) is 8.80. The summed E-state index contributed by atoms with van der Waals surface area (Å²) in [5.74, 6) is 1.83. The number of hydrogen-bond acceptors (Lipinski definition) is 5. The number of aryl methyl sites for hydroxylation is 2. The minimum absolute atomic E-state index is 0.0383. The number of piperidine rings is 3. The maximum atomic E-state index is 12.8. The molecule has 0 aromatic carbocycles. The number of nitriles is 1. The highest BCUT2D eigenvalue weighted by Gasteiger charge is 2.49. The number of hydrogen-bond donors (Lipinski definition) is 1. The molecule has 7 nitrogen and oxygen atoms in total. The number of fused-ring (bicyclic) bond motifs is 4. The minimum Gasteiger partial charge on any atom is -0.356 e. The Hall–Kier alpha value is -2.62. The molecule has 0 unspecified atom stereocenters. The van der Waals surface area contributed by atoms with Gasteiger partial charge in [-0.15, -0.1) is 0 Å². The molecule has 2 amide bonds. The number of nitrogens with zero attached hydrogens (tertiary/aromatic N) is 4. The number of pyridine rings is 1. The van der Waals surface area contributed by atoms with Gasteiger partial charge in [0.25, 0.3) is 0 Å². The van der Waals surface area contributed by atoms with Crippen LogP contribution in [0.5, 0.6) is 0 Å². The standard InChI is InChI=1S/C22H29N5O2/c1-13-7-21(25-14(2)18(13)9-23)26-11-16-8-17(12-26)20(10-24-15(3)28)27-19(16)5-4-6-22(27)29/h7,16-17,19-20H,4-6,8,10-12H2,1-3H3,(H,24,28)/t16-,17+,19+,20+/m1/s1. The Morgan fingerprint density at radius 2 is 2.10 bits per heavy atom. The van der Waals surface area contributed by atoms with Crippen LogP contribution >= 0.6 is 0 Å². The third kappa shape index (κ3) is 3.57. The smallest absolute Gasteiger partial charge is 0.223 e. The number of aromatic nitrogens is 1. The van der Waals surface area contributed by atoms with E-state index in [1.807, 2.05) is 19.9 Å². The molecule has 0 radical (unpaired) electrons.